The van der Waals surface area contributed by atoms with Gasteiger partial charge < -0.3 is 15.8 Å². The molecule has 4 N–H and O–H groups in total. The molecule has 3 atom stereocenters. The maximum atomic E-state index is 15.1. The summed E-state index contributed by atoms with van der Waals surface area (Å²) >= 11 is 0. The summed E-state index contributed by atoms with van der Waals surface area (Å²) in [6.07, 6.45) is 1.97. The van der Waals surface area contributed by atoms with Crippen LogP contribution in [-0.4, -0.2) is 44.3 Å². The average molecular weight is 619 g/mol. The number of benzene rings is 2. The molecule has 0 spiro atoms. The smallest absolute Gasteiger partial charge is 0.248 e. The van der Waals surface area contributed by atoms with Crippen molar-refractivity contribution in [1.29, 1.82) is 0 Å². The van der Waals surface area contributed by atoms with Gasteiger partial charge in [0.2, 0.25) is 17.6 Å². The van der Waals surface area contributed by atoms with Crippen molar-refractivity contribution in [3.63, 3.8) is 0 Å². The number of hydrogen-bond acceptors (Lipinski definition) is 7. The number of primary amides is 1. The summed E-state index contributed by atoms with van der Waals surface area (Å²) in [5.74, 6) is -8.05. The number of nitrogens with two attached hydrogens (primary N) is 1. The van der Waals surface area contributed by atoms with Crippen LogP contribution in [0.3, 0.4) is 0 Å². The number of nitrogens with one attached hydrogen (secondary N) is 2. The summed E-state index contributed by atoms with van der Waals surface area (Å²) in [5.41, 5.74) is 4.32. The highest BCUT2D eigenvalue weighted by Crippen LogP contribution is 2.36. The Morgan fingerprint density at radius 1 is 1.05 bits per heavy atom. The Balaban J connectivity index is 1.36. The molecule has 0 aliphatic carbocycles. The summed E-state index contributed by atoms with van der Waals surface area (Å²) < 4.78 is 93.1. The van der Waals surface area contributed by atoms with Crippen molar-refractivity contribution in [3.8, 4) is 22.9 Å². The van der Waals surface area contributed by atoms with Crippen molar-refractivity contribution in [2.24, 2.45) is 5.73 Å². The Bertz CT molecular complexity index is 1710. The van der Waals surface area contributed by atoms with Gasteiger partial charge in [-0.15, -0.1) is 0 Å². The summed E-state index contributed by atoms with van der Waals surface area (Å²) in [4.78, 5) is 24.0. The number of hydrogen-bond donors (Lipinski definition) is 3. The van der Waals surface area contributed by atoms with Gasteiger partial charge in [-0.3, -0.25) is 9.52 Å². The lowest BCUT2D eigenvalue weighted by molar-refractivity contribution is 0.1000. The first kappa shape index (κ1) is 30.0. The number of ether oxygens (including phenoxy) is 1. The van der Waals surface area contributed by atoms with Crippen molar-refractivity contribution in [2.45, 2.75) is 24.3 Å². The van der Waals surface area contributed by atoms with E-state index < -0.39 is 63.5 Å². The Kier molecular flexibility index (Phi) is 8.92. The number of amides is 1. The Morgan fingerprint density at radius 3 is 2.60 bits per heavy atom. The van der Waals surface area contributed by atoms with E-state index in [1.54, 1.807) is 12.1 Å². The minimum Gasteiger partial charge on any atom is -0.435 e. The van der Waals surface area contributed by atoms with Crippen molar-refractivity contribution < 1.29 is 35.7 Å². The first-order valence-electron chi connectivity index (χ1n) is 12.8. The SMILES string of the molecule is NC(=O)c1ccc(CS(=O)Nc2c(F)cc(Oc3ncccc3-c3ccnc(C4CNCC(F)C4)n3)c(F)c2F)c(F)c1. The molecule has 5 rings (SSSR count). The van der Waals surface area contributed by atoms with Gasteiger partial charge in [-0.05, 0) is 36.8 Å². The number of nitrogens with zero attached hydrogens (tertiary/aromatic N) is 3. The fraction of sp³-hybridized carbons (Fsp3) is 0.214. The summed E-state index contributed by atoms with van der Waals surface area (Å²) in [6.45, 7) is 0.718. The number of carbonyl (C=O) groups excluding carboxylic acids is 1. The number of piperidine rings is 1. The van der Waals surface area contributed by atoms with E-state index >= 15 is 4.39 Å². The van der Waals surface area contributed by atoms with Gasteiger partial charge in [-0.2, -0.15) is 4.39 Å². The average Bonchev–Trinajstić information content (AvgIpc) is 2.99. The van der Waals surface area contributed by atoms with Crippen molar-refractivity contribution in [3.05, 3.63) is 95.1 Å². The highest BCUT2D eigenvalue weighted by molar-refractivity contribution is 7.85. The topological polar surface area (TPSA) is 132 Å². The van der Waals surface area contributed by atoms with Crippen LogP contribution in [0.1, 0.15) is 34.1 Å². The normalized spacial score (nSPS) is 17.3. The van der Waals surface area contributed by atoms with E-state index in [0.29, 0.717) is 24.1 Å². The molecule has 2 aromatic heterocycles. The molecule has 2 aromatic carbocycles. The maximum absolute atomic E-state index is 15.1. The number of halogens is 5. The molecular formula is C28H23F5N6O3S. The van der Waals surface area contributed by atoms with E-state index in [2.05, 4.69) is 20.3 Å². The summed E-state index contributed by atoms with van der Waals surface area (Å²) in [5, 5.41) is 2.98. The van der Waals surface area contributed by atoms with Crippen LogP contribution in [0, 0.1) is 23.3 Å². The van der Waals surface area contributed by atoms with Gasteiger partial charge in [0, 0.05) is 48.6 Å². The van der Waals surface area contributed by atoms with E-state index in [1.165, 1.54) is 24.5 Å². The van der Waals surface area contributed by atoms with Crippen LogP contribution in [0.5, 0.6) is 11.6 Å². The van der Waals surface area contributed by atoms with E-state index in [9.17, 15) is 26.6 Å². The molecule has 1 fully saturated rings. The molecule has 0 radical (unpaired) electrons. The number of aromatic nitrogens is 3. The van der Waals surface area contributed by atoms with Gasteiger partial charge in [-0.25, -0.2) is 36.7 Å². The van der Waals surface area contributed by atoms with Crippen LogP contribution in [0.4, 0.5) is 27.6 Å². The molecule has 3 heterocycles. The van der Waals surface area contributed by atoms with E-state index in [0.717, 1.165) is 12.1 Å². The molecule has 1 saturated heterocycles. The van der Waals surface area contributed by atoms with Gasteiger partial charge in [-0.1, -0.05) is 6.07 Å². The van der Waals surface area contributed by atoms with Crippen LogP contribution < -0.4 is 20.5 Å². The summed E-state index contributed by atoms with van der Waals surface area (Å²) in [6, 6.07) is 8.35. The predicted molar refractivity (Wildman–Crippen MR) is 147 cm³/mol. The van der Waals surface area contributed by atoms with E-state index in [-0.39, 0.29) is 41.5 Å². The van der Waals surface area contributed by atoms with Crippen molar-refractivity contribution in [1.82, 2.24) is 20.3 Å². The third-order valence-electron chi connectivity index (χ3n) is 6.56. The molecule has 3 unspecified atom stereocenters. The third-order valence-corrected chi connectivity index (χ3v) is 7.56. The Hall–Kier alpha value is -4.50. The van der Waals surface area contributed by atoms with Gasteiger partial charge in [0.1, 0.15) is 34.5 Å². The second kappa shape index (κ2) is 12.8. The first-order valence-corrected chi connectivity index (χ1v) is 14.1. The molecule has 9 nitrogen and oxygen atoms in total. The van der Waals surface area contributed by atoms with Crippen molar-refractivity contribution in [2.75, 3.05) is 17.8 Å². The van der Waals surface area contributed by atoms with Gasteiger partial charge in [0.15, 0.2) is 17.4 Å². The maximum Gasteiger partial charge on any atom is 0.248 e. The predicted octanol–water partition coefficient (Wildman–Crippen LogP) is 4.68. The molecule has 4 aromatic rings. The number of pyridine rings is 1. The lowest BCUT2D eigenvalue weighted by Crippen LogP contribution is -2.36. The minimum atomic E-state index is -2.31. The van der Waals surface area contributed by atoms with E-state index in [4.69, 9.17) is 10.5 Å². The second-order valence-corrected chi connectivity index (χ2v) is 10.8. The van der Waals surface area contributed by atoms with Gasteiger partial charge in [0.05, 0.1) is 17.0 Å². The molecule has 224 valence electrons. The van der Waals surface area contributed by atoms with Crippen LogP contribution in [0.2, 0.25) is 0 Å². The van der Waals surface area contributed by atoms with Crippen LogP contribution >= 0.6 is 0 Å². The zero-order valence-electron chi connectivity index (χ0n) is 22.1. The highest BCUT2D eigenvalue weighted by Gasteiger charge is 2.26. The number of carbonyl (C=O) groups is 1. The second-order valence-electron chi connectivity index (χ2n) is 9.57. The summed E-state index contributed by atoms with van der Waals surface area (Å²) in [7, 11) is -2.31. The first-order chi connectivity index (χ1) is 20.6. The molecule has 15 heteroatoms. The molecule has 0 saturated carbocycles. The number of rotatable bonds is 9. The lowest BCUT2D eigenvalue weighted by atomic mass is 9.97. The number of anilines is 1. The fourth-order valence-electron chi connectivity index (χ4n) is 4.43. The zero-order valence-corrected chi connectivity index (χ0v) is 22.9. The van der Waals surface area contributed by atoms with Crippen LogP contribution in [-0.2, 0) is 16.7 Å². The van der Waals surface area contributed by atoms with Crippen LogP contribution in [0.25, 0.3) is 11.3 Å². The van der Waals surface area contributed by atoms with Crippen LogP contribution in [0.15, 0.2) is 54.9 Å². The minimum absolute atomic E-state index is 0.123. The molecule has 1 aliphatic rings. The highest BCUT2D eigenvalue weighted by atomic mass is 32.2. The molecule has 43 heavy (non-hydrogen) atoms. The third kappa shape index (κ3) is 6.78. The monoisotopic (exact) mass is 618 g/mol. The standard InChI is InChI=1S/C28H23F5N6O3S/c29-17-8-16(11-35-12-17)27-36-7-5-21(38-27)18-2-1-6-37-28(18)42-22-10-20(31)25(24(33)23(22)32)39-43(41)13-15-4-3-14(26(34)40)9-19(15)30/h1-7,9-10,16-17,35,39H,8,11-13H2,(H2,34,40). The zero-order chi connectivity index (χ0) is 30.7. The largest absolute Gasteiger partial charge is 0.435 e. The van der Waals surface area contributed by atoms with Crippen molar-refractivity contribution >= 4 is 22.6 Å². The van der Waals surface area contributed by atoms with E-state index in [1.807, 2.05) is 4.72 Å². The molecular weight excluding hydrogens is 595 g/mol. The lowest BCUT2D eigenvalue weighted by Gasteiger charge is -2.24. The molecule has 1 aliphatic heterocycles. The quantitative estimate of drug-likeness (QED) is 0.183. The fourth-order valence-corrected chi connectivity index (χ4v) is 5.43. The number of alkyl halides is 1. The molecule has 0 bridgehead atoms. The molecule has 1 amide bonds. The van der Waals surface area contributed by atoms with Gasteiger partial charge >= 0.3 is 0 Å². The Morgan fingerprint density at radius 2 is 1.86 bits per heavy atom. The Labute approximate surface area is 244 Å². The van der Waals surface area contributed by atoms with Gasteiger partial charge in [0.25, 0.3) is 0 Å².